The fourth-order valence-electron chi connectivity index (χ4n) is 0.808. The van der Waals surface area contributed by atoms with Gasteiger partial charge in [0.15, 0.2) is 6.20 Å². The second-order valence-corrected chi connectivity index (χ2v) is 2.44. The molecule has 0 bridgehead atoms. The van der Waals surface area contributed by atoms with Gasteiger partial charge >= 0.3 is 5.69 Å². The van der Waals surface area contributed by atoms with Crippen molar-refractivity contribution >= 4 is 17.5 Å². The summed E-state index contributed by atoms with van der Waals surface area (Å²) >= 11 is 0. The quantitative estimate of drug-likeness (QED) is 0.470. The number of hydrogen-bond acceptors (Lipinski definition) is 5. The lowest BCUT2D eigenvalue weighted by Crippen LogP contribution is -2.31. The molecule has 7 heteroatoms. The van der Waals surface area contributed by atoms with Crippen LogP contribution in [0.5, 0.6) is 0 Å². The molecular formula is C7H7N3O4. The molecule has 14 heavy (non-hydrogen) atoms. The third-order valence-corrected chi connectivity index (χ3v) is 1.43. The molecule has 0 saturated heterocycles. The van der Waals surface area contributed by atoms with Crippen molar-refractivity contribution in [2.45, 2.75) is 0 Å². The Morgan fingerprint density at radius 2 is 2.29 bits per heavy atom. The second kappa shape index (κ2) is 4.17. The van der Waals surface area contributed by atoms with Crippen LogP contribution in [0.2, 0.25) is 0 Å². The molecule has 0 saturated carbocycles. The minimum absolute atomic E-state index is 0.0935. The van der Waals surface area contributed by atoms with Crippen LogP contribution in [0.1, 0.15) is 0 Å². The van der Waals surface area contributed by atoms with Crippen LogP contribution in [0.3, 0.4) is 0 Å². The normalized spacial score (nSPS) is 9.43. The van der Waals surface area contributed by atoms with Gasteiger partial charge in [-0.3, -0.25) is 15.4 Å². The Bertz CT molecular complexity index is 348. The average Bonchev–Trinajstić information content (AvgIpc) is 2.15. The van der Waals surface area contributed by atoms with Gasteiger partial charge in [0.05, 0.1) is 10.9 Å². The fraction of sp³-hybridized carbons (Fsp3) is 0.143. The molecule has 0 fully saturated rings. The van der Waals surface area contributed by atoms with Crippen molar-refractivity contribution in [2.24, 2.45) is 0 Å². The van der Waals surface area contributed by atoms with Crippen LogP contribution in [-0.4, -0.2) is 17.4 Å². The molecule has 1 aromatic rings. The Balaban J connectivity index is 2.64. The van der Waals surface area contributed by atoms with Gasteiger partial charge in [-0.05, 0) is 0 Å². The highest BCUT2D eigenvalue weighted by atomic mass is 16.6. The molecule has 1 heterocycles. The van der Waals surface area contributed by atoms with Gasteiger partial charge in [0, 0.05) is 12.1 Å². The number of carbonyl (C=O) groups excluding carboxylic acids is 1. The molecule has 0 aromatic carbocycles. The van der Waals surface area contributed by atoms with Crippen LogP contribution in [-0.2, 0) is 4.79 Å². The lowest BCUT2D eigenvalue weighted by Gasteiger charge is -1.98. The number of hydrogen-bond donors (Lipinski definition) is 1. The van der Waals surface area contributed by atoms with Crippen LogP contribution < -0.4 is 15.4 Å². The number of aliphatic carboxylic acids is 1. The standard InChI is InChI=1S/C7H7N3O4/c11-7(12)4-9-6-2-1-5(3-8-6)10(13)14/h1-3H,4H2,(H,8,9)(H,11,12). The predicted octanol–water partition coefficient (Wildman–Crippen LogP) is -1.43. The van der Waals surface area contributed by atoms with Gasteiger partial charge in [0.1, 0.15) is 6.54 Å². The van der Waals surface area contributed by atoms with Crippen LogP contribution >= 0.6 is 0 Å². The number of carboxylic acids is 1. The van der Waals surface area contributed by atoms with Gasteiger partial charge in [-0.15, -0.1) is 0 Å². The number of nitrogens with one attached hydrogen (secondary N) is 2. The predicted molar refractivity (Wildman–Crippen MR) is 43.1 cm³/mol. The molecule has 0 aliphatic carbocycles. The zero-order valence-corrected chi connectivity index (χ0v) is 7.02. The van der Waals surface area contributed by atoms with E-state index >= 15 is 0 Å². The molecule has 74 valence electrons. The molecule has 0 amide bonds. The first-order chi connectivity index (χ1) is 6.59. The number of H-pyrrole nitrogens is 1. The summed E-state index contributed by atoms with van der Waals surface area (Å²) in [4.78, 5) is 22.3. The largest absolute Gasteiger partial charge is 0.546 e. The molecule has 0 aliphatic rings. The molecule has 0 unspecified atom stereocenters. The Labute approximate surface area is 78.5 Å². The summed E-state index contributed by atoms with van der Waals surface area (Å²) in [6, 6.07) is 2.63. The number of anilines is 1. The maximum absolute atomic E-state index is 10.2. The number of aromatic amines is 1. The molecular weight excluding hydrogens is 190 g/mol. The van der Waals surface area contributed by atoms with Crippen molar-refractivity contribution in [3.05, 3.63) is 28.4 Å². The molecule has 2 N–H and O–H groups in total. The Kier molecular flexibility index (Phi) is 2.95. The fourth-order valence-corrected chi connectivity index (χ4v) is 0.808. The van der Waals surface area contributed by atoms with Gasteiger partial charge in [-0.25, -0.2) is 4.98 Å². The highest BCUT2D eigenvalue weighted by Crippen LogP contribution is 2.07. The van der Waals surface area contributed by atoms with E-state index in [1.807, 2.05) is 0 Å². The molecule has 0 aliphatic heterocycles. The summed E-state index contributed by atoms with van der Waals surface area (Å²) in [6.07, 6.45) is 1.16. The molecule has 0 radical (unpaired) electrons. The summed E-state index contributed by atoms with van der Waals surface area (Å²) in [6.45, 7) is -0.353. The van der Waals surface area contributed by atoms with Crippen molar-refractivity contribution in [2.75, 3.05) is 11.9 Å². The first kappa shape index (κ1) is 9.90. The summed E-state index contributed by atoms with van der Waals surface area (Å²) < 4.78 is 0. The number of pyridine rings is 1. The van der Waals surface area contributed by atoms with Crippen LogP contribution in [0.25, 0.3) is 0 Å². The lowest BCUT2D eigenvalue weighted by molar-refractivity contribution is -0.413. The Hall–Kier alpha value is -2.18. The number of aromatic nitrogens is 1. The van der Waals surface area contributed by atoms with E-state index in [0.717, 1.165) is 6.20 Å². The van der Waals surface area contributed by atoms with Gasteiger partial charge < -0.3 is 9.90 Å². The van der Waals surface area contributed by atoms with E-state index in [9.17, 15) is 20.0 Å². The van der Waals surface area contributed by atoms with Crippen LogP contribution in [0.4, 0.5) is 11.5 Å². The maximum Gasteiger partial charge on any atom is 0.308 e. The highest BCUT2D eigenvalue weighted by Gasteiger charge is 2.08. The van der Waals surface area contributed by atoms with E-state index in [1.165, 1.54) is 12.1 Å². The smallest absolute Gasteiger partial charge is 0.308 e. The number of carboxylic acid groups (broad SMARTS) is 1. The number of carbonyl (C=O) groups is 1. The van der Waals surface area contributed by atoms with E-state index < -0.39 is 10.9 Å². The van der Waals surface area contributed by atoms with Crippen molar-refractivity contribution in [3.63, 3.8) is 0 Å². The first-order valence-corrected chi connectivity index (χ1v) is 3.69. The van der Waals surface area contributed by atoms with E-state index in [1.54, 1.807) is 0 Å². The first-order valence-electron chi connectivity index (χ1n) is 3.69. The summed E-state index contributed by atoms with van der Waals surface area (Å²) in [5, 5.41) is 22.8. The SMILES string of the molecule is O=C([O-])CNc1ccc([N+](=O)[O-])c[nH+]1. The van der Waals surface area contributed by atoms with Crippen molar-refractivity contribution in [1.29, 1.82) is 0 Å². The minimum Gasteiger partial charge on any atom is -0.546 e. The number of rotatable bonds is 4. The lowest BCUT2D eigenvalue weighted by atomic mass is 10.4. The summed E-state index contributed by atoms with van der Waals surface area (Å²) in [7, 11) is 0. The molecule has 0 spiro atoms. The van der Waals surface area contributed by atoms with E-state index in [0.29, 0.717) is 5.82 Å². The van der Waals surface area contributed by atoms with Gasteiger partial charge in [0.25, 0.3) is 5.82 Å². The van der Waals surface area contributed by atoms with Crippen LogP contribution in [0, 0.1) is 10.1 Å². The highest BCUT2D eigenvalue weighted by molar-refractivity contribution is 5.69. The van der Waals surface area contributed by atoms with E-state index in [2.05, 4.69) is 10.3 Å². The molecule has 7 nitrogen and oxygen atoms in total. The Morgan fingerprint density at radius 3 is 2.71 bits per heavy atom. The van der Waals surface area contributed by atoms with Crippen molar-refractivity contribution in [1.82, 2.24) is 0 Å². The molecule has 1 rings (SSSR count). The summed E-state index contributed by atoms with van der Waals surface area (Å²) in [5.74, 6) is -0.878. The third-order valence-electron chi connectivity index (χ3n) is 1.43. The molecule has 1 aromatic heterocycles. The number of nitrogens with zero attached hydrogens (tertiary/aromatic N) is 1. The topological polar surface area (TPSA) is 109 Å². The van der Waals surface area contributed by atoms with Crippen molar-refractivity contribution in [3.8, 4) is 0 Å². The Morgan fingerprint density at radius 1 is 1.57 bits per heavy atom. The van der Waals surface area contributed by atoms with Crippen LogP contribution in [0.15, 0.2) is 18.3 Å². The average molecular weight is 197 g/mol. The monoisotopic (exact) mass is 197 g/mol. The third kappa shape index (κ3) is 2.70. The second-order valence-electron chi connectivity index (χ2n) is 2.44. The number of nitro groups is 1. The van der Waals surface area contributed by atoms with E-state index in [-0.39, 0.29) is 12.2 Å². The molecule has 0 atom stereocenters. The van der Waals surface area contributed by atoms with Gasteiger partial charge in [0.2, 0.25) is 0 Å². The van der Waals surface area contributed by atoms with Crippen molar-refractivity contribution < 1.29 is 19.8 Å². The maximum atomic E-state index is 10.2. The zero-order chi connectivity index (χ0) is 10.6. The van der Waals surface area contributed by atoms with Gasteiger partial charge in [-0.1, -0.05) is 0 Å². The summed E-state index contributed by atoms with van der Waals surface area (Å²) in [5.41, 5.74) is -0.0935. The zero-order valence-electron chi connectivity index (χ0n) is 7.02. The van der Waals surface area contributed by atoms with Gasteiger partial charge in [-0.2, -0.15) is 0 Å². The van der Waals surface area contributed by atoms with E-state index in [4.69, 9.17) is 0 Å². The minimum atomic E-state index is -1.25.